The summed E-state index contributed by atoms with van der Waals surface area (Å²) in [4.78, 5) is 34.5. The molecule has 0 atom stereocenters. The van der Waals surface area contributed by atoms with Crippen molar-refractivity contribution < 1.29 is 9.59 Å². The van der Waals surface area contributed by atoms with Crippen LogP contribution in [0.15, 0.2) is 48.8 Å². The summed E-state index contributed by atoms with van der Waals surface area (Å²) >= 11 is 1.46. The molecule has 6 rings (SSSR count). The van der Waals surface area contributed by atoms with Crippen LogP contribution in [0, 0.1) is 0 Å². The molecule has 0 bridgehead atoms. The lowest BCUT2D eigenvalue weighted by Crippen LogP contribution is -2.42. The van der Waals surface area contributed by atoms with Crippen molar-refractivity contribution >= 4 is 28.3 Å². The smallest absolute Gasteiger partial charge is 0.251 e. The highest BCUT2D eigenvalue weighted by Crippen LogP contribution is 2.44. The fourth-order valence-corrected chi connectivity index (χ4v) is 6.10. The highest BCUT2D eigenvalue weighted by molar-refractivity contribution is 7.19. The lowest BCUT2D eigenvalue weighted by Gasteiger charge is -2.23. The van der Waals surface area contributed by atoms with Gasteiger partial charge in [0.2, 0.25) is 5.91 Å². The SMILES string of the molecule is CC(=O)Nc1nc2c(s1)-c1c(c(-c3cccnc3)nn1-c1ccc(C(=O)NC3CCNCC3)cc1)CC2. The Hall–Kier alpha value is -3.89. The van der Waals surface area contributed by atoms with Gasteiger partial charge < -0.3 is 16.0 Å². The minimum atomic E-state index is -0.144. The van der Waals surface area contributed by atoms with Crippen molar-refractivity contribution in [2.24, 2.45) is 0 Å². The molecule has 0 radical (unpaired) electrons. The first-order valence-electron chi connectivity index (χ1n) is 12.5. The number of nitrogens with one attached hydrogen (secondary N) is 3. The van der Waals surface area contributed by atoms with Gasteiger partial charge in [-0.3, -0.25) is 14.6 Å². The summed E-state index contributed by atoms with van der Waals surface area (Å²) in [6, 6.07) is 11.7. The lowest BCUT2D eigenvalue weighted by atomic mass is 9.95. The number of anilines is 1. The molecule has 9 nitrogen and oxygen atoms in total. The van der Waals surface area contributed by atoms with E-state index in [9.17, 15) is 9.59 Å². The van der Waals surface area contributed by atoms with Gasteiger partial charge in [-0.25, -0.2) is 9.67 Å². The number of aromatic nitrogens is 4. The molecule has 37 heavy (non-hydrogen) atoms. The van der Waals surface area contributed by atoms with Crippen molar-refractivity contribution in [1.82, 2.24) is 30.4 Å². The normalized spacial score (nSPS) is 15.1. The second-order valence-electron chi connectivity index (χ2n) is 9.35. The maximum Gasteiger partial charge on any atom is 0.251 e. The van der Waals surface area contributed by atoms with Gasteiger partial charge in [0.25, 0.3) is 5.91 Å². The number of benzene rings is 1. The van der Waals surface area contributed by atoms with E-state index < -0.39 is 0 Å². The quantitative estimate of drug-likeness (QED) is 0.376. The largest absolute Gasteiger partial charge is 0.349 e. The van der Waals surface area contributed by atoms with Crippen LogP contribution in [0.4, 0.5) is 5.13 Å². The average Bonchev–Trinajstić information content (AvgIpc) is 3.50. The summed E-state index contributed by atoms with van der Waals surface area (Å²) < 4.78 is 1.93. The third-order valence-electron chi connectivity index (χ3n) is 6.77. The highest BCUT2D eigenvalue weighted by atomic mass is 32.1. The standard InChI is InChI=1S/C27H27N7O2S/c1-16(35)30-27-32-22-9-8-21-23(18-3-2-12-29-15-18)33-34(24(21)25(22)37-27)20-6-4-17(5-7-20)26(36)31-19-10-13-28-14-11-19/h2-7,12,15,19,28H,8-11,13-14H2,1H3,(H,31,36)(H,30,32,35). The van der Waals surface area contributed by atoms with Gasteiger partial charge in [0, 0.05) is 42.0 Å². The van der Waals surface area contributed by atoms with E-state index in [4.69, 9.17) is 5.10 Å². The number of carbonyl (C=O) groups is 2. The topological polar surface area (TPSA) is 114 Å². The van der Waals surface area contributed by atoms with Crippen molar-refractivity contribution in [3.05, 3.63) is 65.6 Å². The number of hydrogen-bond donors (Lipinski definition) is 3. The molecule has 1 aromatic carbocycles. The molecule has 10 heteroatoms. The van der Waals surface area contributed by atoms with Crippen molar-refractivity contribution in [3.63, 3.8) is 0 Å². The summed E-state index contributed by atoms with van der Waals surface area (Å²) in [6.07, 6.45) is 7.02. The Morgan fingerprint density at radius 1 is 1.11 bits per heavy atom. The summed E-state index contributed by atoms with van der Waals surface area (Å²) in [7, 11) is 0. The van der Waals surface area contributed by atoms with Gasteiger partial charge in [-0.05, 0) is 75.2 Å². The molecule has 0 unspecified atom stereocenters. The molecule has 188 valence electrons. The number of rotatable bonds is 5. The first kappa shape index (κ1) is 23.5. The second kappa shape index (κ2) is 9.87. The number of fused-ring (bicyclic) bond motifs is 3. The Morgan fingerprint density at radius 3 is 2.65 bits per heavy atom. The molecule has 4 aromatic rings. The Kier molecular flexibility index (Phi) is 6.27. The van der Waals surface area contributed by atoms with Crippen LogP contribution in [0.2, 0.25) is 0 Å². The van der Waals surface area contributed by atoms with Gasteiger partial charge in [0.05, 0.1) is 27.6 Å². The zero-order valence-corrected chi connectivity index (χ0v) is 21.3. The second-order valence-corrected chi connectivity index (χ2v) is 10.3. The van der Waals surface area contributed by atoms with Crippen molar-refractivity contribution in [2.75, 3.05) is 18.4 Å². The Bertz CT molecular complexity index is 1450. The molecule has 1 aliphatic carbocycles. The first-order valence-corrected chi connectivity index (χ1v) is 13.3. The zero-order chi connectivity index (χ0) is 25.4. The summed E-state index contributed by atoms with van der Waals surface area (Å²) in [5, 5.41) is 14.9. The van der Waals surface area contributed by atoms with Gasteiger partial charge in [0.15, 0.2) is 5.13 Å². The Labute approximate surface area is 218 Å². The van der Waals surface area contributed by atoms with E-state index in [2.05, 4.69) is 25.9 Å². The number of nitrogens with zero attached hydrogens (tertiary/aromatic N) is 4. The number of hydrogen-bond acceptors (Lipinski definition) is 7. The van der Waals surface area contributed by atoms with Gasteiger partial charge >= 0.3 is 0 Å². The van der Waals surface area contributed by atoms with E-state index >= 15 is 0 Å². The Morgan fingerprint density at radius 2 is 1.92 bits per heavy atom. The van der Waals surface area contributed by atoms with Crippen LogP contribution in [-0.2, 0) is 17.6 Å². The Balaban J connectivity index is 1.38. The minimum Gasteiger partial charge on any atom is -0.349 e. The van der Waals surface area contributed by atoms with Crippen LogP contribution in [0.3, 0.4) is 0 Å². The van der Waals surface area contributed by atoms with Gasteiger partial charge in [-0.2, -0.15) is 5.10 Å². The van der Waals surface area contributed by atoms with E-state index in [1.807, 2.05) is 47.3 Å². The van der Waals surface area contributed by atoms with Crippen LogP contribution >= 0.6 is 11.3 Å². The summed E-state index contributed by atoms with van der Waals surface area (Å²) in [5.41, 5.74) is 6.38. The van der Waals surface area contributed by atoms with Crippen LogP contribution in [0.25, 0.3) is 27.5 Å². The molecule has 0 saturated carbocycles. The van der Waals surface area contributed by atoms with Gasteiger partial charge in [-0.15, -0.1) is 0 Å². The van der Waals surface area contributed by atoms with Crippen LogP contribution < -0.4 is 16.0 Å². The van der Waals surface area contributed by atoms with Crippen molar-refractivity contribution in [2.45, 2.75) is 38.6 Å². The van der Waals surface area contributed by atoms with Gasteiger partial charge in [0.1, 0.15) is 0 Å². The van der Waals surface area contributed by atoms with Crippen LogP contribution in [-0.4, -0.2) is 50.7 Å². The van der Waals surface area contributed by atoms with E-state index in [0.717, 1.165) is 77.5 Å². The van der Waals surface area contributed by atoms with Crippen LogP contribution in [0.5, 0.6) is 0 Å². The third kappa shape index (κ3) is 4.65. The minimum absolute atomic E-state index is 0.0540. The number of piperidine rings is 1. The molecule has 2 amide bonds. The van der Waals surface area contributed by atoms with E-state index in [1.54, 1.807) is 6.20 Å². The molecule has 1 saturated heterocycles. The molecular weight excluding hydrogens is 486 g/mol. The fraction of sp³-hybridized carbons (Fsp3) is 0.296. The molecule has 0 spiro atoms. The summed E-state index contributed by atoms with van der Waals surface area (Å²) in [6.45, 7) is 3.34. The first-order chi connectivity index (χ1) is 18.1. The summed E-state index contributed by atoms with van der Waals surface area (Å²) in [5.74, 6) is -0.198. The number of pyridine rings is 1. The molecule has 4 heterocycles. The fourth-order valence-electron chi connectivity index (χ4n) is 4.98. The lowest BCUT2D eigenvalue weighted by molar-refractivity contribution is -0.114. The zero-order valence-electron chi connectivity index (χ0n) is 20.5. The molecule has 2 aliphatic rings. The van der Waals surface area contributed by atoms with Crippen molar-refractivity contribution in [3.8, 4) is 27.5 Å². The number of aryl methyl sites for hydroxylation is 1. The third-order valence-corrected chi connectivity index (χ3v) is 7.79. The predicted octanol–water partition coefficient (Wildman–Crippen LogP) is 3.60. The monoisotopic (exact) mass is 513 g/mol. The molecule has 3 N–H and O–H groups in total. The van der Waals surface area contributed by atoms with E-state index in [1.165, 1.54) is 18.3 Å². The van der Waals surface area contributed by atoms with E-state index in [0.29, 0.717) is 10.7 Å². The maximum absolute atomic E-state index is 12.8. The highest BCUT2D eigenvalue weighted by Gasteiger charge is 2.30. The molecule has 1 aliphatic heterocycles. The van der Waals surface area contributed by atoms with Gasteiger partial charge in [-0.1, -0.05) is 11.3 Å². The number of carbonyl (C=O) groups excluding carboxylic acids is 2. The molecule has 1 fully saturated rings. The van der Waals surface area contributed by atoms with Crippen LogP contribution in [0.1, 0.15) is 41.4 Å². The molecule has 3 aromatic heterocycles. The number of amides is 2. The maximum atomic E-state index is 12.8. The number of thiazole rings is 1. The van der Waals surface area contributed by atoms with Crippen molar-refractivity contribution in [1.29, 1.82) is 0 Å². The average molecular weight is 514 g/mol. The predicted molar refractivity (Wildman–Crippen MR) is 143 cm³/mol. The van der Waals surface area contributed by atoms with E-state index in [-0.39, 0.29) is 17.9 Å². The molecular formula is C27H27N7O2S.